The number of benzene rings is 8. The van der Waals surface area contributed by atoms with Gasteiger partial charge in [0.05, 0.1) is 40.1 Å². The van der Waals surface area contributed by atoms with Crippen LogP contribution in [0.4, 0.5) is 0 Å². The molecule has 0 fully saturated rings. The summed E-state index contributed by atoms with van der Waals surface area (Å²) in [5.41, 5.74) is 16.4. The molecule has 0 saturated heterocycles. The van der Waals surface area contributed by atoms with Crippen LogP contribution in [0.2, 0.25) is 5.11 Å². The van der Waals surface area contributed by atoms with E-state index in [4.69, 9.17) is 4.98 Å². The van der Waals surface area contributed by atoms with E-state index in [-0.39, 0.29) is 0 Å². The van der Waals surface area contributed by atoms with Gasteiger partial charge in [-0.3, -0.25) is 4.57 Å². The van der Waals surface area contributed by atoms with Crippen LogP contribution < -0.4 is 38.2 Å². The molecule has 1 unspecified atom stereocenters. The summed E-state index contributed by atoms with van der Waals surface area (Å²) in [7, 11) is 24.2. The van der Waals surface area contributed by atoms with E-state index in [1.807, 2.05) is 26.0 Å². The van der Waals surface area contributed by atoms with Crippen molar-refractivity contribution < 1.29 is 5.11 Å². The maximum absolute atomic E-state index is 12.0. The summed E-state index contributed by atoms with van der Waals surface area (Å²) in [6, 6.07) is 39.7. The third-order valence-corrected chi connectivity index (χ3v) is 13.8. The lowest BCUT2D eigenvalue weighted by molar-refractivity contribution is 0.118. The second kappa shape index (κ2) is 13.2. The van der Waals surface area contributed by atoms with E-state index in [1.54, 1.807) is 0 Å². The first-order valence-electron chi connectivity index (χ1n) is 20.3. The van der Waals surface area contributed by atoms with Gasteiger partial charge in [-0.25, -0.2) is 4.98 Å². The van der Waals surface area contributed by atoms with Crippen LogP contribution in [-0.4, -0.2) is 101 Å². The van der Waals surface area contributed by atoms with E-state index in [0.29, 0.717) is 5.82 Å². The molecule has 0 aliphatic carbocycles. The Hall–Kier alpha value is -5.06. The molecule has 14 heteroatoms. The Morgan fingerprint density at radius 3 is 1.56 bits per heavy atom. The van der Waals surface area contributed by atoms with Crippen molar-refractivity contribution in [2.24, 2.45) is 0 Å². The number of fused-ring (bicyclic) bond motifs is 5. The van der Waals surface area contributed by atoms with Crippen LogP contribution >= 0.6 is 0 Å². The molecule has 9 rings (SSSR count). The fourth-order valence-corrected chi connectivity index (χ4v) is 9.59. The highest BCUT2D eigenvalue weighted by Crippen LogP contribution is 2.44. The third-order valence-electron chi connectivity index (χ3n) is 13.8. The van der Waals surface area contributed by atoms with Crippen molar-refractivity contribution >= 4 is 179 Å². The summed E-state index contributed by atoms with van der Waals surface area (Å²) in [4.78, 5) is 5.01. The molecular weight excluding hydrogens is 679 g/mol. The summed E-state index contributed by atoms with van der Waals surface area (Å²) in [6.45, 7) is 0. The van der Waals surface area contributed by atoms with Crippen molar-refractivity contribution in [3.05, 3.63) is 115 Å². The average molecular weight is 721 g/mol. The van der Waals surface area contributed by atoms with Gasteiger partial charge < -0.3 is 5.11 Å². The van der Waals surface area contributed by atoms with Gasteiger partial charge in [-0.2, -0.15) is 0 Å². The van der Waals surface area contributed by atoms with Crippen molar-refractivity contribution in [2.75, 3.05) is 0 Å². The molecule has 0 spiro atoms. The number of nitrogens with zero attached hydrogens (tertiary/aromatic N) is 2. The Balaban J connectivity index is 1.27. The van der Waals surface area contributed by atoms with E-state index in [2.05, 4.69) is 174 Å². The molecule has 0 bridgehead atoms. The standard InChI is InChI=1S/C43H41B11N2O/c44-34-31(35(45)36(46)33-32(34)37(47)39(49)40(50)38(33)48)30-25-9-3-1-7-23(25)29(24-8-2-4-10-26(24)30)21-14-13-20-18-22(16-15-19(20)17-21)56-28-12-6-5-11-27(28)55-41(56)42(51,57)43(52,53)54/h1-18,57H,44-54H2. The Morgan fingerprint density at radius 2 is 0.965 bits per heavy atom. The topological polar surface area (TPSA) is 38.0 Å². The van der Waals surface area contributed by atoms with Crippen molar-refractivity contribution in [3.8, 4) is 27.9 Å². The molecule has 1 atom stereocenters. The summed E-state index contributed by atoms with van der Waals surface area (Å²) in [6.07, 6.45) is 0. The van der Waals surface area contributed by atoms with E-state index in [0.717, 1.165) is 27.5 Å². The highest BCUT2D eigenvalue weighted by atomic mass is 16.3. The van der Waals surface area contributed by atoms with E-state index in [9.17, 15) is 5.11 Å². The fraction of sp³-hybridized carbons (Fsp3) is 0.0465. The number of hydrogen-bond acceptors (Lipinski definition) is 2. The van der Waals surface area contributed by atoms with E-state index in [1.165, 1.54) is 92.8 Å². The van der Waals surface area contributed by atoms with Gasteiger partial charge in [0.2, 0.25) is 0 Å². The zero-order valence-electron chi connectivity index (χ0n) is 35.2. The largest absolute Gasteiger partial charge is 0.393 e. The highest BCUT2D eigenvalue weighted by molar-refractivity contribution is 6.72. The SMILES string of the molecule is Bc1c(B)c(B)c2c(B)c(-c3c4ccccc4c(-c4ccc5cc(-n6c(C(B)(O)C(B)(B)B)nc7ccccc76)ccc5c4)c4ccccc34)c(B)c(B)c2c1B. The normalized spacial score (nSPS) is 13.2. The van der Waals surface area contributed by atoms with Crippen molar-refractivity contribution in [1.82, 2.24) is 9.55 Å². The van der Waals surface area contributed by atoms with Crippen LogP contribution in [-0.2, 0) is 5.50 Å². The maximum atomic E-state index is 12.0. The minimum Gasteiger partial charge on any atom is -0.393 e. The zero-order valence-corrected chi connectivity index (χ0v) is 35.2. The molecular formula is C43H41B11N2O. The number of imidazole rings is 1. The average Bonchev–Trinajstić information content (AvgIpc) is 3.60. The van der Waals surface area contributed by atoms with Crippen molar-refractivity contribution in [1.29, 1.82) is 0 Å². The summed E-state index contributed by atoms with van der Waals surface area (Å²) < 4.78 is 2.14. The second-order valence-electron chi connectivity index (χ2n) is 17.7. The zero-order chi connectivity index (χ0) is 40.3. The van der Waals surface area contributed by atoms with E-state index < -0.39 is 10.6 Å². The molecule has 1 N–H and O–H groups in total. The quantitative estimate of drug-likeness (QED) is 0.143. The van der Waals surface area contributed by atoms with Gasteiger partial charge in [-0.15, -0.1) is 10.9 Å². The number of para-hydroxylation sites is 2. The molecule has 0 aliphatic heterocycles. The van der Waals surface area contributed by atoms with Crippen LogP contribution in [0, 0.1) is 0 Å². The number of hydrogen-bond donors (Lipinski definition) is 1. The van der Waals surface area contributed by atoms with Crippen molar-refractivity contribution in [2.45, 2.75) is 10.6 Å². The summed E-state index contributed by atoms with van der Waals surface area (Å²) >= 11 is 0. The lowest BCUT2D eigenvalue weighted by atomic mass is 9.32. The minimum absolute atomic E-state index is 0.431. The molecule has 57 heavy (non-hydrogen) atoms. The van der Waals surface area contributed by atoms with Gasteiger partial charge in [0.25, 0.3) is 0 Å². The predicted molar refractivity (Wildman–Crippen MR) is 280 cm³/mol. The second-order valence-corrected chi connectivity index (χ2v) is 17.7. The molecule has 1 aromatic heterocycles. The molecule has 0 amide bonds. The molecule has 8 aromatic carbocycles. The van der Waals surface area contributed by atoms with Gasteiger partial charge >= 0.3 is 0 Å². The smallest absolute Gasteiger partial charge is 0.150 e. The Bertz CT molecular complexity index is 3130. The lowest BCUT2D eigenvalue weighted by Gasteiger charge is -2.37. The first-order valence-corrected chi connectivity index (χ1v) is 20.3. The van der Waals surface area contributed by atoms with Crippen LogP contribution in [0.1, 0.15) is 5.82 Å². The van der Waals surface area contributed by atoms with Gasteiger partial charge in [0.15, 0.2) is 7.85 Å². The van der Waals surface area contributed by atoms with Gasteiger partial charge in [-0.05, 0) is 95.7 Å². The van der Waals surface area contributed by atoms with Crippen molar-refractivity contribution in [3.63, 3.8) is 0 Å². The van der Waals surface area contributed by atoms with Gasteiger partial charge in [0.1, 0.15) is 60.7 Å². The molecule has 0 radical (unpaired) electrons. The number of rotatable bonds is 5. The van der Waals surface area contributed by atoms with Gasteiger partial charge in [0, 0.05) is 5.69 Å². The molecule has 3 nitrogen and oxygen atoms in total. The maximum Gasteiger partial charge on any atom is 0.150 e. The molecule has 262 valence electrons. The Labute approximate surface area is 345 Å². The number of aromatic nitrogens is 2. The Kier molecular flexibility index (Phi) is 8.72. The fourth-order valence-electron chi connectivity index (χ4n) is 9.59. The molecule has 0 aliphatic rings. The van der Waals surface area contributed by atoms with Crippen LogP contribution in [0.25, 0.3) is 82.1 Å². The molecule has 1 heterocycles. The molecule has 0 saturated carbocycles. The lowest BCUT2D eigenvalue weighted by Crippen LogP contribution is -2.52. The van der Waals surface area contributed by atoms with Crippen LogP contribution in [0.15, 0.2) is 109 Å². The van der Waals surface area contributed by atoms with E-state index >= 15 is 0 Å². The molecule has 9 aromatic rings. The minimum atomic E-state index is -1.17. The summed E-state index contributed by atoms with van der Waals surface area (Å²) in [5.74, 6) is 0.646. The monoisotopic (exact) mass is 722 g/mol. The first kappa shape index (κ1) is 37.5. The van der Waals surface area contributed by atoms with Gasteiger partial charge in [-0.1, -0.05) is 111 Å². The van der Waals surface area contributed by atoms with Crippen LogP contribution in [0.5, 0.6) is 0 Å². The Morgan fingerprint density at radius 1 is 0.474 bits per heavy atom. The third kappa shape index (κ3) is 5.50. The summed E-state index contributed by atoms with van der Waals surface area (Å²) in [5, 5.41) is 21.7. The highest BCUT2D eigenvalue weighted by Gasteiger charge is 2.41. The van der Waals surface area contributed by atoms with Crippen LogP contribution in [0.3, 0.4) is 0 Å². The number of aliphatic hydroxyl groups is 1. The predicted octanol–water partition coefficient (Wildman–Crippen LogP) is -5.47. The first-order chi connectivity index (χ1) is 27.1.